The minimum atomic E-state index is 0.0214. The zero-order valence-corrected chi connectivity index (χ0v) is 14.8. The molecule has 0 fully saturated rings. The fourth-order valence-electron chi connectivity index (χ4n) is 2.75. The van der Waals surface area contributed by atoms with Crippen LogP contribution in [0.15, 0.2) is 48.5 Å². The van der Waals surface area contributed by atoms with Crippen molar-refractivity contribution < 1.29 is 4.79 Å². The van der Waals surface area contributed by atoms with Gasteiger partial charge in [-0.3, -0.25) is 4.79 Å². The van der Waals surface area contributed by atoms with Crippen LogP contribution in [0.2, 0.25) is 0 Å². The first-order valence-electron chi connectivity index (χ1n) is 8.22. The largest absolute Gasteiger partial charge is 0.354 e. The van der Waals surface area contributed by atoms with Crippen LogP contribution in [-0.2, 0) is 16.6 Å². The van der Waals surface area contributed by atoms with Crippen molar-refractivity contribution in [3.8, 4) is 11.1 Å². The van der Waals surface area contributed by atoms with Crippen molar-refractivity contribution in [2.45, 2.75) is 52.5 Å². The molecule has 1 N–H and O–H groups in total. The summed E-state index contributed by atoms with van der Waals surface area (Å²) in [6.07, 6.45) is 0.850. The van der Waals surface area contributed by atoms with E-state index in [0.717, 1.165) is 6.42 Å². The molecule has 2 heteroatoms. The minimum absolute atomic E-state index is 0.0214. The fraction of sp³-hybridized carbons (Fsp3) is 0.381. The lowest BCUT2D eigenvalue weighted by molar-refractivity contribution is -0.119. The van der Waals surface area contributed by atoms with Gasteiger partial charge in [0.1, 0.15) is 0 Å². The quantitative estimate of drug-likeness (QED) is 0.870. The molecular weight excluding hydrogens is 282 g/mol. The van der Waals surface area contributed by atoms with Gasteiger partial charge in [0.2, 0.25) is 5.91 Å². The zero-order chi connectivity index (χ0) is 17.0. The predicted octanol–water partition coefficient (Wildman–Crippen LogP) is 4.72. The molecule has 2 aromatic carbocycles. The van der Waals surface area contributed by atoms with Crippen LogP contribution in [0.5, 0.6) is 0 Å². The van der Waals surface area contributed by atoms with Crippen LogP contribution in [-0.4, -0.2) is 11.9 Å². The zero-order valence-electron chi connectivity index (χ0n) is 14.8. The highest BCUT2D eigenvalue weighted by atomic mass is 16.1. The van der Waals surface area contributed by atoms with Gasteiger partial charge >= 0.3 is 0 Å². The van der Waals surface area contributed by atoms with Crippen LogP contribution in [0, 0.1) is 0 Å². The number of carbonyl (C=O) groups is 1. The fourth-order valence-corrected chi connectivity index (χ4v) is 2.75. The number of hydrogen-bond donors (Lipinski definition) is 1. The topological polar surface area (TPSA) is 29.1 Å². The molecule has 0 saturated heterocycles. The molecule has 1 atom stereocenters. The highest BCUT2D eigenvalue weighted by molar-refractivity contribution is 5.73. The van der Waals surface area contributed by atoms with Crippen LogP contribution in [0.4, 0.5) is 0 Å². The average Bonchev–Trinajstić information content (AvgIpc) is 2.46. The summed E-state index contributed by atoms with van der Waals surface area (Å²) in [5.74, 6) is 0.0214. The molecule has 1 amide bonds. The molecule has 2 rings (SSSR count). The second kappa shape index (κ2) is 6.99. The van der Waals surface area contributed by atoms with Gasteiger partial charge in [-0.2, -0.15) is 0 Å². The maximum Gasteiger partial charge on any atom is 0.217 e. The third-order valence-electron chi connectivity index (χ3n) is 4.03. The first-order valence-corrected chi connectivity index (χ1v) is 8.22. The second-order valence-corrected chi connectivity index (χ2v) is 7.33. The van der Waals surface area contributed by atoms with Gasteiger partial charge in [-0.05, 0) is 41.0 Å². The van der Waals surface area contributed by atoms with Crippen molar-refractivity contribution in [2.24, 2.45) is 0 Å². The van der Waals surface area contributed by atoms with Gasteiger partial charge in [0.15, 0.2) is 0 Å². The third-order valence-corrected chi connectivity index (χ3v) is 4.03. The van der Waals surface area contributed by atoms with E-state index in [1.54, 1.807) is 6.92 Å². The Hall–Kier alpha value is -2.09. The highest BCUT2D eigenvalue weighted by Crippen LogP contribution is 2.26. The van der Waals surface area contributed by atoms with Gasteiger partial charge in [0.25, 0.3) is 0 Å². The molecule has 122 valence electrons. The number of carbonyl (C=O) groups excluding carboxylic acids is 1. The molecule has 0 aliphatic rings. The molecule has 2 aromatic rings. The number of rotatable bonds is 4. The van der Waals surface area contributed by atoms with E-state index in [4.69, 9.17) is 0 Å². The van der Waals surface area contributed by atoms with Gasteiger partial charge in [0, 0.05) is 13.0 Å². The van der Waals surface area contributed by atoms with Crippen molar-refractivity contribution >= 4 is 5.91 Å². The Kier molecular flexibility index (Phi) is 5.25. The standard InChI is InChI=1S/C21H27NO/c1-15(22-16(2)23)14-17-6-8-18(9-7-17)19-10-12-20(13-11-19)21(3,4)5/h6-13,15H,14H2,1-5H3,(H,22,23). The van der Waals surface area contributed by atoms with E-state index in [2.05, 4.69) is 74.6 Å². The molecule has 0 bridgehead atoms. The molecule has 2 nitrogen and oxygen atoms in total. The van der Waals surface area contributed by atoms with Crippen LogP contribution in [0.25, 0.3) is 11.1 Å². The Bertz CT molecular complexity index is 648. The lowest BCUT2D eigenvalue weighted by atomic mass is 9.86. The van der Waals surface area contributed by atoms with Gasteiger partial charge < -0.3 is 5.32 Å². The lowest BCUT2D eigenvalue weighted by Crippen LogP contribution is -2.31. The molecule has 0 spiro atoms. The SMILES string of the molecule is CC(=O)NC(C)Cc1ccc(-c2ccc(C(C)(C)C)cc2)cc1. The van der Waals surface area contributed by atoms with E-state index < -0.39 is 0 Å². The molecular formula is C21H27NO. The molecule has 0 saturated carbocycles. The van der Waals surface area contributed by atoms with Crippen molar-refractivity contribution in [3.05, 3.63) is 59.7 Å². The normalized spacial score (nSPS) is 12.7. The lowest BCUT2D eigenvalue weighted by Gasteiger charge is -2.19. The van der Waals surface area contributed by atoms with E-state index in [1.165, 1.54) is 22.3 Å². The Labute approximate surface area is 139 Å². The Morgan fingerprint density at radius 1 is 0.957 bits per heavy atom. The van der Waals surface area contributed by atoms with Gasteiger partial charge in [-0.1, -0.05) is 69.3 Å². The third kappa shape index (κ3) is 4.95. The Morgan fingerprint density at radius 3 is 1.87 bits per heavy atom. The summed E-state index contributed by atoms with van der Waals surface area (Å²) < 4.78 is 0. The van der Waals surface area contributed by atoms with Crippen molar-refractivity contribution in [1.29, 1.82) is 0 Å². The molecule has 1 unspecified atom stereocenters. The number of hydrogen-bond acceptors (Lipinski definition) is 1. The Balaban J connectivity index is 2.09. The minimum Gasteiger partial charge on any atom is -0.354 e. The van der Waals surface area contributed by atoms with Gasteiger partial charge in [0.05, 0.1) is 0 Å². The van der Waals surface area contributed by atoms with E-state index >= 15 is 0 Å². The number of nitrogens with one attached hydrogen (secondary N) is 1. The molecule has 23 heavy (non-hydrogen) atoms. The van der Waals surface area contributed by atoms with Crippen LogP contribution in [0.3, 0.4) is 0 Å². The highest BCUT2D eigenvalue weighted by Gasteiger charge is 2.13. The van der Waals surface area contributed by atoms with Crippen LogP contribution >= 0.6 is 0 Å². The maximum atomic E-state index is 11.1. The summed E-state index contributed by atoms with van der Waals surface area (Å²) in [7, 11) is 0. The first-order chi connectivity index (χ1) is 10.8. The van der Waals surface area contributed by atoms with Gasteiger partial charge in [-0.25, -0.2) is 0 Å². The summed E-state index contributed by atoms with van der Waals surface area (Å²) in [6.45, 7) is 10.3. The van der Waals surface area contributed by atoms with Crippen molar-refractivity contribution in [2.75, 3.05) is 0 Å². The van der Waals surface area contributed by atoms with E-state index in [-0.39, 0.29) is 17.4 Å². The average molecular weight is 309 g/mol. The summed E-state index contributed by atoms with van der Waals surface area (Å²) in [5.41, 5.74) is 5.23. The molecule has 0 aliphatic heterocycles. The Morgan fingerprint density at radius 2 is 1.43 bits per heavy atom. The predicted molar refractivity (Wildman–Crippen MR) is 97.6 cm³/mol. The monoisotopic (exact) mass is 309 g/mol. The second-order valence-electron chi connectivity index (χ2n) is 7.33. The summed E-state index contributed by atoms with van der Waals surface area (Å²) >= 11 is 0. The summed E-state index contributed by atoms with van der Waals surface area (Å²) in [6, 6.07) is 17.6. The summed E-state index contributed by atoms with van der Waals surface area (Å²) in [5, 5.41) is 2.92. The molecule has 0 aliphatic carbocycles. The van der Waals surface area contributed by atoms with Gasteiger partial charge in [-0.15, -0.1) is 0 Å². The number of benzene rings is 2. The van der Waals surface area contributed by atoms with E-state index in [0.29, 0.717) is 0 Å². The smallest absolute Gasteiger partial charge is 0.217 e. The van der Waals surface area contributed by atoms with E-state index in [1.807, 2.05) is 6.92 Å². The summed E-state index contributed by atoms with van der Waals surface area (Å²) in [4.78, 5) is 11.1. The molecule has 0 heterocycles. The van der Waals surface area contributed by atoms with E-state index in [9.17, 15) is 4.79 Å². The van der Waals surface area contributed by atoms with Crippen LogP contribution < -0.4 is 5.32 Å². The molecule has 0 aromatic heterocycles. The maximum absolute atomic E-state index is 11.1. The van der Waals surface area contributed by atoms with Crippen molar-refractivity contribution in [3.63, 3.8) is 0 Å². The first kappa shape index (κ1) is 17.3. The van der Waals surface area contributed by atoms with Crippen molar-refractivity contribution in [1.82, 2.24) is 5.32 Å². The van der Waals surface area contributed by atoms with Crippen LogP contribution in [0.1, 0.15) is 45.7 Å². The molecule has 0 radical (unpaired) electrons. The number of amides is 1.